The molecule has 0 bridgehead atoms. The van der Waals surface area contributed by atoms with Crippen LogP contribution >= 0.6 is 11.3 Å². The fraction of sp³-hybridized carbons (Fsp3) is 0.316. The molecule has 0 N–H and O–H groups in total. The highest BCUT2D eigenvalue weighted by Crippen LogP contribution is 2.35. The van der Waals surface area contributed by atoms with Gasteiger partial charge in [-0.3, -0.25) is 4.79 Å². The molecule has 1 nitrogen and oxygen atoms in total. The maximum absolute atomic E-state index is 13.0. The minimum atomic E-state index is 0.192. The summed E-state index contributed by atoms with van der Waals surface area (Å²) in [5.41, 5.74) is 6.46. The van der Waals surface area contributed by atoms with Crippen molar-refractivity contribution in [3.05, 3.63) is 56.2 Å². The second kappa shape index (κ2) is 4.96. The summed E-state index contributed by atoms with van der Waals surface area (Å²) in [4.78, 5) is 13.0. The molecular formula is C19H20OS. The zero-order valence-electron chi connectivity index (χ0n) is 13.3. The van der Waals surface area contributed by atoms with E-state index < -0.39 is 0 Å². The van der Waals surface area contributed by atoms with Gasteiger partial charge in [0.25, 0.3) is 0 Å². The van der Waals surface area contributed by atoms with Gasteiger partial charge in [0.05, 0.1) is 0 Å². The van der Waals surface area contributed by atoms with Gasteiger partial charge >= 0.3 is 0 Å². The van der Waals surface area contributed by atoms with E-state index in [2.05, 4.69) is 40.7 Å². The van der Waals surface area contributed by atoms with Crippen LogP contribution in [0.15, 0.2) is 23.0 Å². The van der Waals surface area contributed by atoms with Gasteiger partial charge in [-0.1, -0.05) is 19.1 Å². The van der Waals surface area contributed by atoms with E-state index in [9.17, 15) is 4.79 Å². The van der Waals surface area contributed by atoms with Gasteiger partial charge in [0.15, 0.2) is 5.43 Å². The van der Waals surface area contributed by atoms with Gasteiger partial charge in [-0.15, -0.1) is 11.3 Å². The van der Waals surface area contributed by atoms with Gasteiger partial charge in [-0.2, -0.15) is 0 Å². The summed E-state index contributed by atoms with van der Waals surface area (Å²) in [6, 6.07) is 6.03. The number of hydrogen-bond acceptors (Lipinski definition) is 2. The van der Waals surface area contributed by atoms with Crippen molar-refractivity contribution in [3.63, 3.8) is 0 Å². The van der Waals surface area contributed by atoms with Crippen LogP contribution in [0.1, 0.15) is 34.7 Å². The number of benzene rings is 2. The highest BCUT2D eigenvalue weighted by molar-refractivity contribution is 7.25. The fourth-order valence-electron chi connectivity index (χ4n) is 3.20. The summed E-state index contributed by atoms with van der Waals surface area (Å²) in [6.45, 7) is 10.7. The average molecular weight is 296 g/mol. The summed E-state index contributed by atoms with van der Waals surface area (Å²) >= 11 is 1.78. The van der Waals surface area contributed by atoms with Crippen LogP contribution in [0, 0.1) is 27.7 Å². The minimum Gasteiger partial charge on any atom is -0.288 e. The van der Waals surface area contributed by atoms with E-state index in [0.29, 0.717) is 0 Å². The van der Waals surface area contributed by atoms with Gasteiger partial charge < -0.3 is 0 Å². The first kappa shape index (κ1) is 14.3. The molecule has 0 spiro atoms. The Morgan fingerprint density at radius 2 is 1.67 bits per heavy atom. The highest BCUT2D eigenvalue weighted by atomic mass is 32.1. The third kappa shape index (κ3) is 1.93. The molecule has 1 heterocycles. The van der Waals surface area contributed by atoms with Gasteiger partial charge in [0.1, 0.15) is 0 Å². The molecule has 0 amide bonds. The van der Waals surface area contributed by atoms with Crippen molar-refractivity contribution in [3.8, 4) is 0 Å². The smallest absolute Gasteiger partial charge is 0.196 e. The van der Waals surface area contributed by atoms with Crippen molar-refractivity contribution < 1.29 is 0 Å². The first-order valence-electron chi connectivity index (χ1n) is 7.42. The van der Waals surface area contributed by atoms with Crippen LogP contribution in [0.25, 0.3) is 20.2 Å². The largest absolute Gasteiger partial charge is 0.288 e. The predicted octanol–water partition coefficient (Wildman–Crippen LogP) is 5.21. The minimum absolute atomic E-state index is 0.192. The van der Waals surface area contributed by atoms with Gasteiger partial charge in [0.2, 0.25) is 0 Å². The first-order valence-corrected chi connectivity index (χ1v) is 8.23. The molecule has 21 heavy (non-hydrogen) atoms. The van der Waals surface area contributed by atoms with E-state index in [0.717, 1.165) is 27.5 Å². The lowest BCUT2D eigenvalue weighted by Crippen LogP contribution is -2.07. The molecule has 0 aliphatic heterocycles. The Kier molecular flexibility index (Phi) is 3.37. The fourth-order valence-corrected chi connectivity index (χ4v) is 4.67. The Bertz CT molecular complexity index is 932. The summed E-state index contributed by atoms with van der Waals surface area (Å²) in [5, 5.41) is 1.79. The molecule has 0 saturated carbocycles. The van der Waals surface area contributed by atoms with Gasteiger partial charge in [0, 0.05) is 20.2 Å². The summed E-state index contributed by atoms with van der Waals surface area (Å²) < 4.78 is 2.32. The van der Waals surface area contributed by atoms with Crippen LogP contribution in [0.2, 0.25) is 0 Å². The van der Waals surface area contributed by atoms with E-state index in [1.165, 1.54) is 27.0 Å². The number of fused-ring (bicyclic) bond motifs is 2. The van der Waals surface area contributed by atoms with Crippen molar-refractivity contribution in [2.24, 2.45) is 0 Å². The molecule has 2 heteroatoms. The maximum Gasteiger partial charge on any atom is 0.196 e. The van der Waals surface area contributed by atoms with Crippen molar-refractivity contribution in [1.29, 1.82) is 0 Å². The van der Waals surface area contributed by atoms with Crippen molar-refractivity contribution in [1.82, 2.24) is 0 Å². The molecule has 0 aliphatic rings. The second-order valence-electron chi connectivity index (χ2n) is 5.79. The van der Waals surface area contributed by atoms with E-state index in [1.54, 1.807) is 11.3 Å². The van der Waals surface area contributed by atoms with Crippen LogP contribution in [-0.2, 0) is 6.42 Å². The van der Waals surface area contributed by atoms with E-state index in [-0.39, 0.29) is 5.43 Å². The number of hydrogen-bond donors (Lipinski definition) is 0. The average Bonchev–Trinajstić information content (AvgIpc) is 2.46. The Morgan fingerprint density at radius 3 is 2.33 bits per heavy atom. The SMILES string of the molecule is CCc1c(C)c(C)c(C)c2c(=O)c3cccc(C)c3sc12. The number of aryl methyl sites for hydroxylation is 3. The first-order chi connectivity index (χ1) is 9.97. The molecule has 108 valence electrons. The van der Waals surface area contributed by atoms with Crippen LogP contribution in [0.4, 0.5) is 0 Å². The second-order valence-corrected chi connectivity index (χ2v) is 6.81. The Morgan fingerprint density at radius 1 is 0.952 bits per heavy atom. The molecule has 0 saturated heterocycles. The van der Waals surface area contributed by atoms with Crippen molar-refractivity contribution in [2.75, 3.05) is 0 Å². The van der Waals surface area contributed by atoms with Crippen LogP contribution in [-0.4, -0.2) is 0 Å². The number of rotatable bonds is 1. The highest BCUT2D eigenvalue weighted by Gasteiger charge is 2.16. The van der Waals surface area contributed by atoms with Crippen LogP contribution in [0.5, 0.6) is 0 Å². The zero-order chi connectivity index (χ0) is 15.3. The molecular weight excluding hydrogens is 276 g/mol. The summed E-state index contributed by atoms with van der Waals surface area (Å²) in [7, 11) is 0. The van der Waals surface area contributed by atoms with Gasteiger partial charge in [-0.25, -0.2) is 0 Å². The lowest BCUT2D eigenvalue weighted by molar-refractivity contribution is 1.11. The van der Waals surface area contributed by atoms with Gasteiger partial charge in [-0.05, 0) is 68.0 Å². The van der Waals surface area contributed by atoms with Crippen LogP contribution < -0.4 is 5.43 Å². The third-order valence-electron chi connectivity index (χ3n) is 4.70. The monoisotopic (exact) mass is 296 g/mol. The lowest BCUT2D eigenvalue weighted by atomic mass is 9.93. The quantitative estimate of drug-likeness (QED) is 0.563. The molecule has 0 atom stereocenters. The van der Waals surface area contributed by atoms with Crippen LogP contribution in [0.3, 0.4) is 0 Å². The van der Waals surface area contributed by atoms with E-state index in [1.807, 2.05) is 12.1 Å². The molecule has 0 unspecified atom stereocenters. The predicted molar refractivity (Wildman–Crippen MR) is 93.9 cm³/mol. The summed E-state index contributed by atoms with van der Waals surface area (Å²) in [5.74, 6) is 0. The maximum atomic E-state index is 13.0. The lowest BCUT2D eigenvalue weighted by Gasteiger charge is -2.15. The molecule has 3 aromatic rings. The molecule has 0 radical (unpaired) electrons. The Balaban J connectivity index is 2.70. The molecule has 1 aromatic heterocycles. The molecule has 0 fully saturated rings. The van der Waals surface area contributed by atoms with E-state index in [4.69, 9.17) is 0 Å². The topological polar surface area (TPSA) is 17.1 Å². The Hall–Kier alpha value is -1.67. The Labute approximate surface area is 129 Å². The normalized spacial score (nSPS) is 11.5. The zero-order valence-corrected chi connectivity index (χ0v) is 14.1. The van der Waals surface area contributed by atoms with E-state index >= 15 is 0 Å². The molecule has 3 rings (SSSR count). The molecule has 0 aliphatic carbocycles. The summed E-state index contributed by atoms with van der Waals surface area (Å²) in [6.07, 6.45) is 0.969. The standard InChI is InChI=1S/C19H20OS/c1-6-14-12(4)11(3)13(5)16-17(20)15-9-7-8-10(2)18(15)21-19(14)16/h7-9H,6H2,1-5H3. The third-order valence-corrected chi connectivity index (χ3v) is 6.10. The van der Waals surface area contributed by atoms with Crippen molar-refractivity contribution in [2.45, 2.75) is 41.0 Å². The van der Waals surface area contributed by atoms with Crippen molar-refractivity contribution >= 4 is 31.5 Å². The molecule has 2 aromatic carbocycles.